The van der Waals surface area contributed by atoms with E-state index in [9.17, 15) is 18.4 Å². The van der Waals surface area contributed by atoms with Crippen LogP contribution in [0.15, 0.2) is 42.7 Å². The number of carbonyl (C=O) groups excluding carboxylic acids is 2. The summed E-state index contributed by atoms with van der Waals surface area (Å²) in [6.45, 7) is 1.71. The van der Waals surface area contributed by atoms with Crippen molar-refractivity contribution in [3.05, 3.63) is 87.5 Å². The average Bonchev–Trinajstić information content (AvgIpc) is 3.20. The molecule has 33 heavy (non-hydrogen) atoms. The zero-order valence-corrected chi connectivity index (χ0v) is 18.2. The number of ether oxygens (including phenoxy) is 1. The number of aryl methyl sites for hydroxylation is 1. The van der Waals surface area contributed by atoms with Gasteiger partial charge in [0.2, 0.25) is 0 Å². The van der Waals surface area contributed by atoms with Crippen LogP contribution in [0, 0.1) is 18.6 Å². The first-order chi connectivity index (χ1) is 15.8. The van der Waals surface area contributed by atoms with Crippen LogP contribution in [-0.4, -0.2) is 22.0 Å². The first-order valence-electron chi connectivity index (χ1n) is 10.1. The Balaban J connectivity index is 1.46. The third kappa shape index (κ3) is 5.09. The Hall–Kier alpha value is -3.59. The van der Waals surface area contributed by atoms with Crippen LogP contribution >= 0.6 is 11.6 Å². The predicted octanol–water partition coefficient (Wildman–Crippen LogP) is 4.88. The molecule has 3 aromatic rings. The number of rotatable bonds is 5. The summed E-state index contributed by atoms with van der Waals surface area (Å²) in [6, 6.07) is 5.72. The predicted molar refractivity (Wildman–Crippen MR) is 117 cm³/mol. The van der Waals surface area contributed by atoms with Crippen molar-refractivity contribution in [1.82, 2.24) is 15.3 Å². The van der Waals surface area contributed by atoms with E-state index in [1.807, 2.05) is 0 Å². The summed E-state index contributed by atoms with van der Waals surface area (Å²) in [5.74, 6) is -1.62. The van der Waals surface area contributed by atoms with Crippen LogP contribution in [0.1, 0.15) is 45.3 Å². The molecule has 2 amide bonds. The van der Waals surface area contributed by atoms with E-state index in [1.165, 1.54) is 30.5 Å². The van der Waals surface area contributed by atoms with Crippen molar-refractivity contribution in [3.63, 3.8) is 0 Å². The Bertz CT molecular complexity index is 1220. The van der Waals surface area contributed by atoms with Crippen LogP contribution in [0.3, 0.4) is 0 Å². The van der Waals surface area contributed by atoms with E-state index in [2.05, 4.69) is 20.6 Å². The highest BCUT2D eigenvalue weighted by atomic mass is 35.5. The summed E-state index contributed by atoms with van der Waals surface area (Å²) in [7, 11) is 0. The molecule has 1 aromatic heterocycles. The number of nitrogens with one attached hydrogen (secondary N) is 2. The fourth-order valence-corrected chi connectivity index (χ4v) is 3.84. The van der Waals surface area contributed by atoms with E-state index in [0.29, 0.717) is 29.8 Å². The first-order valence-corrected chi connectivity index (χ1v) is 10.5. The molecule has 0 unspecified atom stereocenters. The van der Waals surface area contributed by atoms with Gasteiger partial charge in [-0.15, -0.1) is 0 Å². The van der Waals surface area contributed by atoms with Crippen LogP contribution in [-0.2, 0) is 17.8 Å². The minimum Gasteiger partial charge on any atom is -0.443 e. The van der Waals surface area contributed by atoms with Crippen molar-refractivity contribution in [2.75, 3.05) is 5.32 Å². The van der Waals surface area contributed by atoms with Crippen LogP contribution in [0.5, 0.6) is 0 Å². The second-order valence-electron chi connectivity index (χ2n) is 7.53. The lowest BCUT2D eigenvalue weighted by atomic mass is 10.0. The number of fused-ring (bicyclic) bond motifs is 1. The Kier molecular flexibility index (Phi) is 6.50. The summed E-state index contributed by atoms with van der Waals surface area (Å²) < 4.78 is 33.2. The molecule has 2 N–H and O–H groups in total. The van der Waals surface area contributed by atoms with Gasteiger partial charge in [-0.3, -0.25) is 14.8 Å². The summed E-state index contributed by atoms with van der Waals surface area (Å²) in [6.07, 6.45) is 3.12. The van der Waals surface area contributed by atoms with Gasteiger partial charge in [-0.05, 0) is 55.7 Å². The van der Waals surface area contributed by atoms with Crippen LogP contribution in [0.4, 0.5) is 19.3 Å². The fraction of sp³-hybridized carbons (Fsp3) is 0.217. The van der Waals surface area contributed by atoms with Crippen molar-refractivity contribution < 1.29 is 23.1 Å². The SMILES string of the molecule is Cc1cnc(COC(=O)N[C@H]2CCc3c(C(=O)Nc4ccc(F)c(Cl)c4)ccc(F)c32)cn1. The van der Waals surface area contributed by atoms with Gasteiger partial charge in [-0.1, -0.05) is 11.6 Å². The fourth-order valence-electron chi connectivity index (χ4n) is 3.66. The van der Waals surface area contributed by atoms with Gasteiger partial charge < -0.3 is 15.4 Å². The molecule has 0 saturated carbocycles. The highest BCUT2D eigenvalue weighted by Gasteiger charge is 2.31. The minimum atomic E-state index is -0.731. The molecule has 1 aliphatic rings. The maximum atomic E-state index is 14.6. The molecule has 170 valence electrons. The van der Waals surface area contributed by atoms with Gasteiger partial charge in [-0.2, -0.15) is 0 Å². The smallest absolute Gasteiger partial charge is 0.408 e. The highest BCUT2D eigenvalue weighted by molar-refractivity contribution is 6.31. The molecule has 0 bridgehead atoms. The molecule has 2 aromatic carbocycles. The number of benzene rings is 2. The zero-order valence-electron chi connectivity index (χ0n) is 17.5. The molecule has 1 aliphatic carbocycles. The van der Waals surface area contributed by atoms with Crippen LogP contribution in [0.25, 0.3) is 0 Å². The van der Waals surface area contributed by atoms with Gasteiger partial charge in [-0.25, -0.2) is 13.6 Å². The lowest BCUT2D eigenvalue weighted by Crippen LogP contribution is -2.28. The Labute approximate surface area is 193 Å². The Morgan fingerprint density at radius 1 is 1.15 bits per heavy atom. The summed E-state index contributed by atoms with van der Waals surface area (Å²) >= 11 is 5.76. The van der Waals surface area contributed by atoms with Crippen molar-refractivity contribution in [3.8, 4) is 0 Å². The van der Waals surface area contributed by atoms with Gasteiger partial charge in [0.15, 0.2) is 0 Å². The molecule has 0 saturated heterocycles. The second-order valence-corrected chi connectivity index (χ2v) is 7.94. The molecule has 10 heteroatoms. The van der Waals surface area contributed by atoms with Gasteiger partial charge in [0.1, 0.15) is 18.2 Å². The number of anilines is 1. The van der Waals surface area contributed by atoms with Crippen LogP contribution < -0.4 is 10.6 Å². The normalized spacial score (nSPS) is 14.5. The standard InChI is InChI=1S/C23H19ClF2N4O3/c1-12-9-28-14(10-27-12)11-33-23(32)30-20-7-4-15-16(3-6-19(26)21(15)20)22(31)29-13-2-5-18(25)17(24)8-13/h2-3,5-6,8-10,20H,4,7,11H2,1H3,(H,29,31)(H,30,32)/t20-/m0/s1. The number of alkyl carbamates (subject to hydrolysis) is 1. The molecule has 1 atom stereocenters. The summed E-state index contributed by atoms with van der Waals surface area (Å²) in [5, 5.41) is 5.15. The second kappa shape index (κ2) is 9.50. The number of amides is 2. The minimum absolute atomic E-state index is 0.0795. The number of halogens is 3. The quantitative estimate of drug-likeness (QED) is 0.552. The third-order valence-electron chi connectivity index (χ3n) is 5.24. The molecule has 1 heterocycles. The largest absolute Gasteiger partial charge is 0.443 e. The monoisotopic (exact) mass is 472 g/mol. The van der Waals surface area contributed by atoms with Crippen molar-refractivity contribution >= 4 is 29.3 Å². The molecule has 0 spiro atoms. The maximum Gasteiger partial charge on any atom is 0.408 e. The summed E-state index contributed by atoms with van der Waals surface area (Å²) in [4.78, 5) is 33.2. The maximum absolute atomic E-state index is 14.6. The number of hydrogen-bond acceptors (Lipinski definition) is 5. The zero-order chi connectivity index (χ0) is 23.5. The van der Waals surface area contributed by atoms with E-state index < -0.39 is 29.7 Å². The third-order valence-corrected chi connectivity index (χ3v) is 5.52. The van der Waals surface area contributed by atoms with Crippen molar-refractivity contribution in [1.29, 1.82) is 0 Å². The van der Waals surface area contributed by atoms with Crippen LogP contribution in [0.2, 0.25) is 5.02 Å². The molecular weight excluding hydrogens is 454 g/mol. The molecule has 0 aliphatic heterocycles. The summed E-state index contributed by atoms with van der Waals surface area (Å²) in [5.41, 5.74) is 2.53. The molecule has 7 nitrogen and oxygen atoms in total. The van der Waals surface area contributed by atoms with Crippen molar-refractivity contribution in [2.45, 2.75) is 32.4 Å². The molecule has 0 fully saturated rings. The molecule has 0 radical (unpaired) electrons. The van der Waals surface area contributed by atoms with Gasteiger partial charge >= 0.3 is 6.09 Å². The van der Waals surface area contributed by atoms with Crippen molar-refractivity contribution in [2.24, 2.45) is 0 Å². The Morgan fingerprint density at radius 2 is 1.94 bits per heavy atom. The highest BCUT2D eigenvalue weighted by Crippen LogP contribution is 2.36. The first kappa shape index (κ1) is 22.6. The average molecular weight is 473 g/mol. The van der Waals surface area contributed by atoms with E-state index in [0.717, 1.165) is 11.8 Å². The molecule has 4 rings (SSSR count). The van der Waals surface area contributed by atoms with E-state index in [4.69, 9.17) is 16.3 Å². The Morgan fingerprint density at radius 3 is 2.67 bits per heavy atom. The van der Waals surface area contributed by atoms with E-state index in [-0.39, 0.29) is 22.8 Å². The topological polar surface area (TPSA) is 93.2 Å². The number of aromatic nitrogens is 2. The lowest BCUT2D eigenvalue weighted by molar-refractivity contribution is 0.102. The number of carbonyl (C=O) groups is 2. The van der Waals surface area contributed by atoms with Gasteiger partial charge in [0.25, 0.3) is 5.91 Å². The van der Waals surface area contributed by atoms with E-state index >= 15 is 0 Å². The van der Waals surface area contributed by atoms with Gasteiger partial charge in [0.05, 0.1) is 28.6 Å². The van der Waals surface area contributed by atoms with Gasteiger partial charge in [0, 0.05) is 23.0 Å². The number of nitrogens with zero attached hydrogens (tertiary/aromatic N) is 2. The number of hydrogen-bond donors (Lipinski definition) is 2. The van der Waals surface area contributed by atoms with E-state index in [1.54, 1.807) is 13.1 Å². The lowest BCUT2D eigenvalue weighted by Gasteiger charge is -2.16. The molecular formula is C23H19ClF2N4O3.